The van der Waals surface area contributed by atoms with Crippen molar-refractivity contribution in [2.45, 2.75) is 30.8 Å². The highest BCUT2D eigenvalue weighted by Gasteiger charge is 2.24. The molecule has 0 fully saturated rings. The van der Waals surface area contributed by atoms with E-state index in [1.54, 1.807) is 26.1 Å². The van der Waals surface area contributed by atoms with E-state index in [-0.39, 0.29) is 16.8 Å². The van der Waals surface area contributed by atoms with Crippen LogP contribution in [-0.4, -0.2) is 44.5 Å². The lowest BCUT2D eigenvalue weighted by atomic mass is 10.1. The highest BCUT2D eigenvalue weighted by Crippen LogP contribution is 2.21. The van der Waals surface area contributed by atoms with E-state index in [0.29, 0.717) is 5.56 Å². The van der Waals surface area contributed by atoms with Crippen LogP contribution < -0.4 is 5.32 Å². The largest absolute Gasteiger partial charge is 0.472 e. The molecule has 0 bridgehead atoms. The normalized spacial score (nSPS) is 13.7. The Morgan fingerprint density at radius 1 is 1.12 bits per heavy atom. The summed E-state index contributed by atoms with van der Waals surface area (Å²) < 4.78 is 27.9. The van der Waals surface area contributed by atoms with Crippen molar-refractivity contribution in [2.75, 3.05) is 13.3 Å². The van der Waals surface area contributed by atoms with E-state index in [2.05, 4.69) is 5.32 Å². The van der Waals surface area contributed by atoms with Crippen molar-refractivity contribution in [1.29, 1.82) is 0 Å². The van der Waals surface area contributed by atoms with Gasteiger partial charge in [0, 0.05) is 13.3 Å². The lowest BCUT2D eigenvalue weighted by Crippen LogP contribution is -2.46. The summed E-state index contributed by atoms with van der Waals surface area (Å²) >= 11 is 0. The molecule has 2 unspecified atom stereocenters. The zero-order valence-electron chi connectivity index (χ0n) is 15.1. The van der Waals surface area contributed by atoms with Gasteiger partial charge in [0.2, 0.25) is 5.91 Å². The number of benzene rings is 1. The molecule has 0 saturated heterocycles. The van der Waals surface area contributed by atoms with Crippen molar-refractivity contribution < 1.29 is 22.4 Å². The molecule has 1 N–H and O–H groups in total. The number of amides is 2. The molecule has 0 radical (unpaired) electrons. The second kappa shape index (κ2) is 7.74. The van der Waals surface area contributed by atoms with Gasteiger partial charge in [-0.15, -0.1) is 0 Å². The molecular weight excluding hydrogens is 356 g/mol. The van der Waals surface area contributed by atoms with Crippen molar-refractivity contribution in [2.24, 2.45) is 0 Å². The predicted molar refractivity (Wildman–Crippen MR) is 96.4 cm³/mol. The molecule has 7 nitrogen and oxygen atoms in total. The Labute approximate surface area is 152 Å². The van der Waals surface area contributed by atoms with Gasteiger partial charge in [0.1, 0.15) is 12.3 Å². The number of rotatable bonds is 6. The number of likely N-dealkylation sites (N-methyl/N-ethyl adjacent to an activating group) is 1. The fourth-order valence-electron chi connectivity index (χ4n) is 2.45. The van der Waals surface area contributed by atoms with Gasteiger partial charge in [-0.3, -0.25) is 9.59 Å². The van der Waals surface area contributed by atoms with Gasteiger partial charge in [-0.25, -0.2) is 8.42 Å². The van der Waals surface area contributed by atoms with E-state index in [1.165, 1.54) is 35.6 Å². The molecule has 1 aromatic heterocycles. The molecule has 26 heavy (non-hydrogen) atoms. The SMILES string of the molecule is CC(NC(=O)c1ccoc1)C(=O)N(C)C(C)c1ccc(S(C)(=O)=O)cc1. The Balaban J connectivity index is 2.05. The van der Waals surface area contributed by atoms with Crippen LogP contribution in [0.1, 0.15) is 35.8 Å². The summed E-state index contributed by atoms with van der Waals surface area (Å²) in [4.78, 5) is 26.3. The molecule has 0 aliphatic heterocycles. The standard InChI is InChI=1S/C18H22N2O5S/c1-12(19-17(21)15-9-10-25-11-15)18(22)20(3)13(2)14-5-7-16(8-6-14)26(4,23)24/h5-13H,1-4H3,(H,19,21). The fourth-order valence-corrected chi connectivity index (χ4v) is 3.08. The monoisotopic (exact) mass is 378 g/mol. The van der Waals surface area contributed by atoms with Gasteiger partial charge in [0.25, 0.3) is 5.91 Å². The van der Waals surface area contributed by atoms with Crippen molar-refractivity contribution >= 4 is 21.7 Å². The molecule has 140 valence electrons. The summed E-state index contributed by atoms with van der Waals surface area (Å²) in [6.07, 6.45) is 3.84. The highest BCUT2D eigenvalue weighted by atomic mass is 32.2. The molecule has 2 atom stereocenters. The van der Waals surface area contributed by atoms with Gasteiger partial charge in [-0.1, -0.05) is 12.1 Å². The third-order valence-electron chi connectivity index (χ3n) is 4.22. The molecule has 2 aromatic rings. The van der Waals surface area contributed by atoms with Gasteiger partial charge < -0.3 is 14.6 Å². The minimum Gasteiger partial charge on any atom is -0.472 e. The number of hydrogen-bond acceptors (Lipinski definition) is 5. The van der Waals surface area contributed by atoms with Crippen LogP contribution in [0.15, 0.2) is 52.2 Å². The van der Waals surface area contributed by atoms with Crippen LogP contribution in [0.2, 0.25) is 0 Å². The Bertz CT molecular complexity index is 873. The molecule has 0 aliphatic rings. The topological polar surface area (TPSA) is 96.7 Å². The maximum atomic E-state index is 12.6. The summed E-state index contributed by atoms with van der Waals surface area (Å²) in [6, 6.07) is 6.90. The van der Waals surface area contributed by atoms with Crippen molar-refractivity contribution in [1.82, 2.24) is 10.2 Å². The minimum atomic E-state index is -3.27. The molecule has 8 heteroatoms. The predicted octanol–water partition coefficient (Wildman–Crippen LogP) is 2.02. The van der Waals surface area contributed by atoms with Gasteiger partial charge >= 0.3 is 0 Å². The molecule has 1 heterocycles. The third-order valence-corrected chi connectivity index (χ3v) is 5.35. The van der Waals surface area contributed by atoms with Gasteiger partial charge in [0.15, 0.2) is 9.84 Å². The highest BCUT2D eigenvalue weighted by molar-refractivity contribution is 7.90. The van der Waals surface area contributed by atoms with Crippen LogP contribution in [-0.2, 0) is 14.6 Å². The zero-order chi connectivity index (χ0) is 19.5. The Morgan fingerprint density at radius 3 is 2.23 bits per heavy atom. The second-order valence-corrected chi connectivity index (χ2v) is 8.19. The average molecular weight is 378 g/mol. The minimum absolute atomic E-state index is 0.225. The van der Waals surface area contributed by atoms with Crippen molar-refractivity contribution in [3.8, 4) is 0 Å². The Morgan fingerprint density at radius 2 is 1.73 bits per heavy atom. The molecule has 2 amide bonds. The first kappa shape index (κ1) is 19.7. The lowest BCUT2D eigenvalue weighted by Gasteiger charge is -2.28. The zero-order valence-corrected chi connectivity index (χ0v) is 15.9. The van der Waals surface area contributed by atoms with Gasteiger partial charge in [-0.2, -0.15) is 0 Å². The maximum Gasteiger partial charge on any atom is 0.255 e. The van der Waals surface area contributed by atoms with Crippen LogP contribution in [0.4, 0.5) is 0 Å². The van der Waals surface area contributed by atoms with E-state index in [4.69, 9.17) is 4.42 Å². The number of hydrogen-bond donors (Lipinski definition) is 1. The molecule has 1 aromatic carbocycles. The van der Waals surface area contributed by atoms with E-state index in [0.717, 1.165) is 11.8 Å². The summed E-state index contributed by atoms with van der Waals surface area (Å²) in [5.74, 6) is -0.653. The van der Waals surface area contributed by atoms with E-state index >= 15 is 0 Å². The van der Waals surface area contributed by atoms with Gasteiger partial charge in [-0.05, 0) is 37.6 Å². The van der Waals surface area contributed by atoms with Crippen LogP contribution in [0.25, 0.3) is 0 Å². The van der Waals surface area contributed by atoms with Crippen LogP contribution in [0.3, 0.4) is 0 Å². The molecule has 0 spiro atoms. The van der Waals surface area contributed by atoms with Crippen LogP contribution in [0, 0.1) is 0 Å². The van der Waals surface area contributed by atoms with E-state index < -0.39 is 21.8 Å². The van der Waals surface area contributed by atoms with Crippen LogP contribution >= 0.6 is 0 Å². The van der Waals surface area contributed by atoms with Gasteiger partial charge in [0.05, 0.1) is 22.8 Å². The number of sulfone groups is 1. The third kappa shape index (κ3) is 4.51. The number of carbonyl (C=O) groups is 2. The smallest absolute Gasteiger partial charge is 0.255 e. The first-order valence-corrected chi connectivity index (χ1v) is 9.90. The average Bonchev–Trinajstić information content (AvgIpc) is 3.13. The number of nitrogens with zero attached hydrogens (tertiary/aromatic N) is 1. The second-order valence-electron chi connectivity index (χ2n) is 6.17. The fraction of sp³-hybridized carbons (Fsp3) is 0.333. The Hall–Kier alpha value is -2.61. The number of nitrogens with one attached hydrogen (secondary N) is 1. The molecule has 0 aliphatic carbocycles. The first-order valence-electron chi connectivity index (χ1n) is 8.01. The summed E-state index contributed by atoms with van der Waals surface area (Å²) in [5, 5.41) is 2.63. The van der Waals surface area contributed by atoms with E-state index in [9.17, 15) is 18.0 Å². The lowest BCUT2D eigenvalue weighted by molar-refractivity contribution is -0.133. The molecule has 0 saturated carbocycles. The molecular formula is C18H22N2O5S. The number of furan rings is 1. The maximum absolute atomic E-state index is 12.6. The van der Waals surface area contributed by atoms with E-state index in [1.807, 2.05) is 6.92 Å². The summed E-state index contributed by atoms with van der Waals surface area (Å²) in [5.41, 5.74) is 1.14. The first-order chi connectivity index (χ1) is 12.1. The van der Waals surface area contributed by atoms with Crippen molar-refractivity contribution in [3.63, 3.8) is 0 Å². The molecule has 2 rings (SSSR count). The Kier molecular flexibility index (Phi) is 5.86. The quantitative estimate of drug-likeness (QED) is 0.829. The van der Waals surface area contributed by atoms with Crippen LogP contribution in [0.5, 0.6) is 0 Å². The van der Waals surface area contributed by atoms with Crippen molar-refractivity contribution in [3.05, 3.63) is 54.0 Å². The summed E-state index contributed by atoms with van der Waals surface area (Å²) in [6.45, 7) is 3.44. The number of carbonyl (C=O) groups excluding carboxylic acids is 2. The summed E-state index contributed by atoms with van der Waals surface area (Å²) in [7, 11) is -1.63.